The summed E-state index contributed by atoms with van der Waals surface area (Å²) in [5.74, 6) is 0.879. The number of hydrogen-bond donors (Lipinski definition) is 0. The van der Waals surface area contributed by atoms with E-state index in [9.17, 15) is 0 Å². The molecule has 0 radical (unpaired) electrons. The van der Waals surface area contributed by atoms with Gasteiger partial charge in [0.2, 0.25) is 0 Å². The fraction of sp³-hybridized carbons (Fsp3) is 0.136. The molecule has 0 aromatic heterocycles. The van der Waals surface area contributed by atoms with E-state index in [4.69, 9.17) is 9.84 Å². The molecule has 3 aromatic carbocycles. The molecule has 0 saturated carbocycles. The van der Waals surface area contributed by atoms with Crippen molar-refractivity contribution in [3.63, 3.8) is 0 Å². The molecule has 3 aromatic rings. The maximum Gasteiger partial charge on any atom is 0.119 e. The predicted octanol–water partition coefficient (Wildman–Crippen LogP) is 5.13. The summed E-state index contributed by atoms with van der Waals surface area (Å²) in [6.45, 7) is 3.38. The Morgan fingerprint density at radius 1 is 0.840 bits per heavy atom. The molecule has 3 rings (SSSR count). The van der Waals surface area contributed by atoms with Gasteiger partial charge in [0.1, 0.15) is 5.75 Å². The smallest absolute Gasteiger partial charge is 0.119 e. The largest absolute Gasteiger partial charge is 0.494 e. The topological polar surface area (TPSA) is 24.8 Å². The average molecular weight is 330 g/mol. The van der Waals surface area contributed by atoms with Crippen LogP contribution >= 0.6 is 0 Å². The first-order valence-electron chi connectivity index (χ1n) is 8.48. The molecular weight excluding hydrogens is 308 g/mol. The molecule has 0 atom stereocenters. The molecular formula is C22H22N2O. The van der Waals surface area contributed by atoms with Crippen molar-refractivity contribution in [2.24, 2.45) is 5.10 Å². The minimum Gasteiger partial charge on any atom is -0.494 e. The van der Waals surface area contributed by atoms with E-state index in [0.717, 1.165) is 23.5 Å². The first-order valence-corrected chi connectivity index (χ1v) is 8.48. The average Bonchev–Trinajstić information content (AvgIpc) is 2.68. The second kappa shape index (κ2) is 8.69. The summed E-state index contributed by atoms with van der Waals surface area (Å²) in [6.07, 6.45) is 1.88. The molecule has 0 N–H and O–H groups in total. The highest BCUT2D eigenvalue weighted by Gasteiger charge is 2.05. The van der Waals surface area contributed by atoms with Gasteiger partial charge in [0.15, 0.2) is 0 Å². The Kier molecular flexibility index (Phi) is 5.83. The number of ether oxygens (including phenoxy) is 1. The maximum atomic E-state index is 5.48. The predicted molar refractivity (Wildman–Crippen MR) is 104 cm³/mol. The fourth-order valence-electron chi connectivity index (χ4n) is 2.51. The lowest BCUT2D eigenvalue weighted by Gasteiger charge is -2.19. The van der Waals surface area contributed by atoms with Gasteiger partial charge in [-0.2, -0.15) is 5.10 Å². The van der Waals surface area contributed by atoms with Crippen molar-refractivity contribution in [3.05, 3.63) is 96.1 Å². The van der Waals surface area contributed by atoms with Crippen molar-refractivity contribution in [1.82, 2.24) is 0 Å². The second-order valence-electron chi connectivity index (χ2n) is 5.63. The Balaban J connectivity index is 1.79. The van der Waals surface area contributed by atoms with Gasteiger partial charge < -0.3 is 4.74 Å². The molecule has 25 heavy (non-hydrogen) atoms. The van der Waals surface area contributed by atoms with Gasteiger partial charge in [0.25, 0.3) is 0 Å². The molecule has 126 valence electrons. The van der Waals surface area contributed by atoms with Gasteiger partial charge in [-0.25, -0.2) is 0 Å². The van der Waals surface area contributed by atoms with E-state index in [0.29, 0.717) is 6.61 Å². The number of anilines is 1. The van der Waals surface area contributed by atoms with Gasteiger partial charge in [-0.1, -0.05) is 48.5 Å². The molecule has 0 aliphatic heterocycles. The van der Waals surface area contributed by atoms with Gasteiger partial charge in [0, 0.05) is 0 Å². The van der Waals surface area contributed by atoms with Crippen LogP contribution in [-0.2, 0) is 6.54 Å². The summed E-state index contributed by atoms with van der Waals surface area (Å²) in [5.41, 5.74) is 3.32. The van der Waals surface area contributed by atoms with Crippen LogP contribution in [0.15, 0.2) is 90.0 Å². The zero-order valence-electron chi connectivity index (χ0n) is 14.4. The van der Waals surface area contributed by atoms with Crippen LogP contribution in [0.5, 0.6) is 5.75 Å². The van der Waals surface area contributed by atoms with Crippen molar-refractivity contribution in [1.29, 1.82) is 0 Å². The van der Waals surface area contributed by atoms with Crippen LogP contribution in [0.3, 0.4) is 0 Å². The Bertz CT molecular complexity index is 783. The van der Waals surface area contributed by atoms with Crippen LogP contribution in [0, 0.1) is 0 Å². The summed E-state index contributed by atoms with van der Waals surface area (Å²) in [4.78, 5) is 0. The quantitative estimate of drug-likeness (QED) is 0.443. The highest BCUT2D eigenvalue weighted by atomic mass is 16.5. The highest BCUT2D eigenvalue weighted by molar-refractivity contribution is 5.80. The van der Waals surface area contributed by atoms with Gasteiger partial charge >= 0.3 is 0 Å². The molecule has 0 amide bonds. The van der Waals surface area contributed by atoms with Gasteiger partial charge in [0.05, 0.1) is 25.1 Å². The molecule has 0 bridgehead atoms. The monoisotopic (exact) mass is 330 g/mol. The van der Waals surface area contributed by atoms with E-state index in [1.807, 2.05) is 66.7 Å². The van der Waals surface area contributed by atoms with Crippen molar-refractivity contribution < 1.29 is 4.74 Å². The number of para-hydroxylation sites is 1. The van der Waals surface area contributed by atoms with Crippen molar-refractivity contribution in [2.45, 2.75) is 13.5 Å². The zero-order chi connectivity index (χ0) is 17.3. The number of hydrogen-bond acceptors (Lipinski definition) is 3. The minimum absolute atomic E-state index is 0.673. The van der Waals surface area contributed by atoms with Crippen LogP contribution in [0.25, 0.3) is 0 Å². The SMILES string of the molecule is CCOc1ccc(/C=N\N(Cc2ccccc2)c2ccccc2)cc1. The van der Waals surface area contributed by atoms with E-state index >= 15 is 0 Å². The summed E-state index contributed by atoms with van der Waals surface area (Å²) >= 11 is 0. The van der Waals surface area contributed by atoms with E-state index < -0.39 is 0 Å². The van der Waals surface area contributed by atoms with Crippen molar-refractivity contribution in [2.75, 3.05) is 11.6 Å². The number of rotatable bonds is 7. The molecule has 3 heteroatoms. The van der Waals surface area contributed by atoms with Crippen LogP contribution in [0.2, 0.25) is 0 Å². The molecule has 0 unspecified atom stereocenters. The lowest BCUT2D eigenvalue weighted by molar-refractivity contribution is 0.340. The third-order valence-electron chi connectivity index (χ3n) is 3.77. The highest BCUT2D eigenvalue weighted by Crippen LogP contribution is 2.18. The van der Waals surface area contributed by atoms with E-state index in [1.54, 1.807) is 0 Å². The Morgan fingerprint density at radius 2 is 1.48 bits per heavy atom. The van der Waals surface area contributed by atoms with Crippen LogP contribution in [0.4, 0.5) is 5.69 Å². The third-order valence-corrected chi connectivity index (χ3v) is 3.77. The fourth-order valence-corrected chi connectivity index (χ4v) is 2.51. The molecule has 3 nitrogen and oxygen atoms in total. The maximum absolute atomic E-state index is 5.48. The Hall–Kier alpha value is -3.07. The molecule has 0 fully saturated rings. The van der Waals surface area contributed by atoms with Gasteiger partial charge in [-0.15, -0.1) is 0 Å². The molecule has 0 aliphatic rings. The first kappa shape index (κ1) is 16.8. The van der Waals surface area contributed by atoms with E-state index in [1.165, 1.54) is 5.56 Å². The second-order valence-corrected chi connectivity index (χ2v) is 5.63. The van der Waals surface area contributed by atoms with Crippen molar-refractivity contribution >= 4 is 11.9 Å². The van der Waals surface area contributed by atoms with Crippen molar-refractivity contribution in [3.8, 4) is 5.75 Å². The van der Waals surface area contributed by atoms with Gasteiger partial charge in [-0.3, -0.25) is 5.01 Å². The van der Waals surface area contributed by atoms with Crippen LogP contribution in [-0.4, -0.2) is 12.8 Å². The standard InChI is InChI=1S/C22H22N2O/c1-2-25-22-15-13-19(14-16-22)17-23-24(21-11-7-4-8-12-21)18-20-9-5-3-6-10-20/h3-17H,2,18H2,1H3/b23-17-. The first-order chi connectivity index (χ1) is 12.3. The summed E-state index contributed by atoms with van der Waals surface area (Å²) in [7, 11) is 0. The zero-order valence-corrected chi connectivity index (χ0v) is 14.4. The normalized spacial score (nSPS) is 10.8. The number of hydrazone groups is 1. The van der Waals surface area contributed by atoms with Gasteiger partial charge in [-0.05, 0) is 54.4 Å². The Morgan fingerprint density at radius 3 is 2.12 bits per heavy atom. The summed E-state index contributed by atoms with van der Waals surface area (Å²) in [6, 6.07) is 28.5. The summed E-state index contributed by atoms with van der Waals surface area (Å²) in [5, 5.41) is 6.71. The molecule has 0 saturated heterocycles. The molecule has 0 heterocycles. The Labute approximate surface area is 149 Å². The molecule has 0 spiro atoms. The number of nitrogens with zero attached hydrogens (tertiary/aromatic N) is 2. The summed E-state index contributed by atoms with van der Waals surface area (Å²) < 4.78 is 5.48. The van der Waals surface area contributed by atoms with Crippen LogP contribution < -0.4 is 9.75 Å². The van der Waals surface area contributed by atoms with E-state index in [2.05, 4.69) is 36.4 Å². The lowest BCUT2D eigenvalue weighted by Crippen LogP contribution is -2.15. The molecule has 0 aliphatic carbocycles. The van der Waals surface area contributed by atoms with E-state index in [-0.39, 0.29) is 0 Å². The number of benzene rings is 3. The minimum atomic E-state index is 0.673. The van der Waals surface area contributed by atoms with Crippen LogP contribution in [0.1, 0.15) is 18.1 Å². The lowest BCUT2D eigenvalue weighted by atomic mass is 10.2. The third kappa shape index (κ3) is 4.95.